The van der Waals surface area contributed by atoms with Crippen LogP contribution < -0.4 is 0 Å². The number of benzene rings is 1. The van der Waals surface area contributed by atoms with Gasteiger partial charge in [0.2, 0.25) is 0 Å². The lowest BCUT2D eigenvalue weighted by atomic mass is 9.42. The quantitative estimate of drug-likeness (QED) is 0.359. The second-order valence-corrected chi connectivity index (χ2v) is 14.3. The summed E-state index contributed by atoms with van der Waals surface area (Å²) in [5.41, 5.74) is -4.40. The summed E-state index contributed by atoms with van der Waals surface area (Å²) in [5, 5.41) is 37.2. The Morgan fingerprint density at radius 1 is 1.00 bits per heavy atom. The van der Waals surface area contributed by atoms with Gasteiger partial charge in [-0.15, -0.1) is 0 Å². The van der Waals surface area contributed by atoms with E-state index in [1.807, 2.05) is 0 Å². The van der Waals surface area contributed by atoms with Gasteiger partial charge in [-0.1, -0.05) is 32.0 Å². The Kier molecular flexibility index (Phi) is 7.30. The first-order chi connectivity index (χ1) is 21.5. The van der Waals surface area contributed by atoms with Crippen LogP contribution in [-0.4, -0.2) is 120 Å². The first kappa shape index (κ1) is 31.5. The zero-order valence-corrected chi connectivity index (χ0v) is 26.9. The van der Waals surface area contributed by atoms with Crippen LogP contribution >= 0.6 is 0 Å². The molecule has 1 aromatic carbocycles. The molecule has 1 spiro atoms. The summed E-state index contributed by atoms with van der Waals surface area (Å²) in [7, 11) is 4.71. The number of piperidine rings is 1. The maximum absolute atomic E-state index is 13.7. The highest BCUT2D eigenvalue weighted by Crippen LogP contribution is 2.81. The first-order valence-corrected chi connectivity index (χ1v) is 16.4. The van der Waals surface area contributed by atoms with Gasteiger partial charge in [-0.2, -0.15) is 0 Å². The first-order valence-electron chi connectivity index (χ1n) is 16.4. The number of aliphatic hydroxyl groups is 3. The van der Waals surface area contributed by atoms with Gasteiger partial charge in [-0.05, 0) is 37.4 Å². The number of rotatable bonds is 8. The number of ether oxygens (including phenoxy) is 5. The zero-order valence-electron chi connectivity index (χ0n) is 26.9. The molecule has 1 aliphatic heterocycles. The van der Waals surface area contributed by atoms with Crippen molar-refractivity contribution < 1.29 is 48.6 Å². The fourth-order valence-electron chi connectivity index (χ4n) is 12.4. The number of esters is 2. The van der Waals surface area contributed by atoms with E-state index in [1.165, 1.54) is 14.0 Å². The summed E-state index contributed by atoms with van der Waals surface area (Å²) in [6.45, 7) is 6.75. The lowest BCUT2D eigenvalue weighted by Crippen LogP contribution is -2.81. The van der Waals surface area contributed by atoms with Crippen molar-refractivity contribution in [1.29, 1.82) is 0 Å². The Hall–Kier alpha value is -2.12. The molecule has 248 valence electrons. The summed E-state index contributed by atoms with van der Waals surface area (Å²) in [6.07, 6.45) is -4.36. The number of aliphatic hydroxyl groups excluding tert-OH is 2. The summed E-state index contributed by atoms with van der Waals surface area (Å²) >= 11 is 0. The third kappa shape index (κ3) is 3.50. The topological polar surface area (TPSA) is 144 Å². The van der Waals surface area contributed by atoms with Crippen LogP contribution in [0.15, 0.2) is 30.3 Å². The number of hydrogen-bond acceptors (Lipinski definition) is 11. The molecule has 7 rings (SSSR count). The van der Waals surface area contributed by atoms with Crippen molar-refractivity contribution in [2.75, 3.05) is 34.4 Å². The van der Waals surface area contributed by atoms with E-state index in [-0.39, 0.29) is 18.4 Å². The average molecular weight is 630 g/mol. The molecule has 5 saturated carbocycles. The molecule has 1 aromatic rings. The van der Waals surface area contributed by atoms with Gasteiger partial charge >= 0.3 is 11.9 Å². The van der Waals surface area contributed by atoms with Crippen molar-refractivity contribution in [3.8, 4) is 0 Å². The molecule has 6 aliphatic rings. The van der Waals surface area contributed by atoms with Crippen molar-refractivity contribution in [3.63, 3.8) is 0 Å². The van der Waals surface area contributed by atoms with Crippen molar-refractivity contribution in [2.24, 2.45) is 34.5 Å². The third-order valence-electron chi connectivity index (χ3n) is 13.4. The molecule has 5 aliphatic carbocycles. The largest absolute Gasteiger partial charge is 0.455 e. The normalized spacial score (nSPS) is 50.7. The molecule has 0 radical (unpaired) electrons. The SMILES string of the molecule is CCN1C[C@]2(CC)[C@H](O)C[C@H](OC)[C@@]34[C@@H]5C[C@@]6(O)[C@H](OC(=O)c7ccccc7)[C@@H]5[C@@](OC(C)=O)(C([C@H](OC)[C@H]23)[C@@H]14)[C@@H](O)[C@@H]6OC. The molecule has 1 saturated heterocycles. The van der Waals surface area contributed by atoms with Gasteiger partial charge in [0.15, 0.2) is 5.60 Å². The molecule has 11 nitrogen and oxygen atoms in total. The van der Waals surface area contributed by atoms with Crippen LogP contribution in [0.4, 0.5) is 0 Å². The fraction of sp³-hybridized carbons (Fsp3) is 0.765. The van der Waals surface area contributed by atoms with Gasteiger partial charge in [0.1, 0.15) is 23.9 Å². The molecule has 6 fully saturated rings. The standard InChI is InChI=1S/C34H47NO10/c1-7-31-16-35(8-2)26-23-24(42-5)25(31)33(26,21(41-4)14-20(31)37)19-15-32(40)28(44-30(39)18-12-10-9-11-13-18)22(19)34(23,45-17(3)36)27(38)29(32)43-6/h9-13,19-29,37-38,40H,7-8,14-16H2,1-6H3/t19-,20-,21+,22-,23?,24+,25-,26-,27+,28-,29+,31-,32-,33+,34-/m1/s1. The van der Waals surface area contributed by atoms with E-state index in [2.05, 4.69) is 18.7 Å². The predicted molar refractivity (Wildman–Crippen MR) is 159 cm³/mol. The van der Waals surface area contributed by atoms with Gasteiger partial charge < -0.3 is 39.0 Å². The van der Waals surface area contributed by atoms with Crippen LogP contribution in [0.5, 0.6) is 0 Å². The highest BCUT2D eigenvalue weighted by molar-refractivity contribution is 5.89. The van der Waals surface area contributed by atoms with Gasteiger partial charge in [-0.25, -0.2) is 4.79 Å². The number of likely N-dealkylation sites (tertiary alicyclic amines) is 1. The minimum atomic E-state index is -1.80. The Labute approximate surface area is 264 Å². The molecule has 1 heterocycles. The van der Waals surface area contributed by atoms with Crippen LogP contribution in [0, 0.1) is 34.5 Å². The van der Waals surface area contributed by atoms with Crippen LogP contribution in [0.25, 0.3) is 0 Å². The summed E-state index contributed by atoms with van der Waals surface area (Å²) in [6, 6.07) is 8.29. The summed E-state index contributed by atoms with van der Waals surface area (Å²) < 4.78 is 31.5. The predicted octanol–water partition coefficient (Wildman–Crippen LogP) is 1.41. The third-order valence-corrected chi connectivity index (χ3v) is 13.4. The monoisotopic (exact) mass is 629 g/mol. The highest BCUT2D eigenvalue weighted by Gasteiger charge is 2.92. The minimum Gasteiger partial charge on any atom is -0.455 e. The number of nitrogens with zero attached hydrogens (tertiary/aromatic N) is 1. The zero-order chi connectivity index (χ0) is 32.3. The number of methoxy groups -OCH3 is 3. The van der Waals surface area contributed by atoms with Gasteiger partial charge in [0.05, 0.1) is 23.9 Å². The van der Waals surface area contributed by atoms with E-state index in [4.69, 9.17) is 23.7 Å². The van der Waals surface area contributed by atoms with Gasteiger partial charge in [-0.3, -0.25) is 9.69 Å². The second kappa shape index (κ2) is 10.4. The summed E-state index contributed by atoms with van der Waals surface area (Å²) in [5.74, 6) is -3.34. The van der Waals surface area contributed by atoms with Gasteiger partial charge in [0.25, 0.3) is 0 Å². The Balaban J connectivity index is 1.53. The number of hydrogen-bond donors (Lipinski definition) is 3. The molecule has 1 unspecified atom stereocenters. The van der Waals surface area contributed by atoms with Crippen molar-refractivity contribution in [1.82, 2.24) is 4.90 Å². The molecule has 7 bridgehead atoms. The van der Waals surface area contributed by atoms with Crippen molar-refractivity contribution in [3.05, 3.63) is 35.9 Å². The Morgan fingerprint density at radius 3 is 2.29 bits per heavy atom. The Bertz CT molecular complexity index is 1350. The van der Waals surface area contributed by atoms with Crippen LogP contribution in [-0.2, 0) is 28.5 Å². The number of carbonyl (C=O) groups is 2. The molecular formula is C34H47NO10. The molecule has 11 heteroatoms. The van der Waals surface area contributed by atoms with E-state index in [9.17, 15) is 24.9 Å². The van der Waals surface area contributed by atoms with E-state index in [1.54, 1.807) is 44.6 Å². The van der Waals surface area contributed by atoms with Crippen LogP contribution in [0.2, 0.25) is 0 Å². The van der Waals surface area contributed by atoms with E-state index in [0.717, 1.165) is 0 Å². The van der Waals surface area contributed by atoms with Crippen molar-refractivity contribution in [2.45, 2.75) is 93.9 Å². The van der Waals surface area contributed by atoms with E-state index >= 15 is 0 Å². The van der Waals surface area contributed by atoms with E-state index in [0.29, 0.717) is 31.5 Å². The molecule has 3 N–H and O–H groups in total. The van der Waals surface area contributed by atoms with E-state index < -0.39 is 88.3 Å². The van der Waals surface area contributed by atoms with Gasteiger partial charge in [0, 0.05) is 75.8 Å². The lowest BCUT2D eigenvalue weighted by molar-refractivity contribution is -0.321. The summed E-state index contributed by atoms with van der Waals surface area (Å²) in [4.78, 5) is 29.3. The molecule has 0 amide bonds. The fourth-order valence-corrected chi connectivity index (χ4v) is 12.4. The highest BCUT2D eigenvalue weighted by atomic mass is 16.6. The minimum absolute atomic E-state index is 0.118. The maximum Gasteiger partial charge on any atom is 0.338 e. The van der Waals surface area contributed by atoms with Crippen LogP contribution in [0.3, 0.4) is 0 Å². The second-order valence-electron chi connectivity index (χ2n) is 14.3. The Morgan fingerprint density at radius 2 is 1.71 bits per heavy atom. The average Bonchev–Trinajstić information content (AvgIpc) is 3.40. The molecular weight excluding hydrogens is 582 g/mol. The molecule has 15 atom stereocenters. The number of carbonyl (C=O) groups excluding carboxylic acids is 2. The molecule has 45 heavy (non-hydrogen) atoms. The maximum atomic E-state index is 13.7. The van der Waals surface area contributed by atoms with Crippen LogP contribution in [0.1, 0.15) is 50.4 Å². The smallest absolute Gasteiger partial charge is 0.338 e. The molecule has 0 aromatic heterocycles. The van der Waals surface area contributed by atoms with Crippen molar-refractivity contribution >= 4 is 11.9 Å². The lowest BCUT2D eigenvalue weighted by Gasteiger charge is -2.70. The number of fused-ring (bicyclic) bond motifs is 2.